The monoisotopic (exact) mass is 328 g/mol. The summed E-state index contributed by atoms with van der Waals surface area (Å²) in [7, 11) is 1.44. The van der Waals surface area contributed by atoms with Crippen LogP contribution in [0.4, 0.5) is 4.39 Å². The van der Waals surface area contributed by atoms with Crippen molar-refractivity contribution < 1.29 is 18.4 Å². The van der Waals surface area contributed by atoms with Gasteiger partial charge in [0.25, 0.3) is 0 Å². The van der Waals surface area contributed by atoms with Crippen LogP contribution in [0.15, 0.2) is 27.2 Å². The van der Waals surface area contributed by atoms with Crippen molar-refractivity contribution in [1.29, 1.82) is 0 Å². The van der Waals surface area contributed by atoms with Gasteiger partial charge in [0.1, 0.15) is 12.4 Å². The normalized spacial score (nSPS) is 10.7. The lowest BCUT2D eigenvalue weighted by molar-refractivity contribution is -0.122. The van der Waals surface area contributed by atoms with Crippen LogP contribution in [0.5, 0.6) is 0 Å². The fraction of sp³-hybridized carbons (Fsp3) is 0.250. The van der Waals surface area contributed by atoms with E-state index in [9.17, 15) is 9.18 Å². The Morgan fingerprint density at radius 1 is 1.53 bits per heavy atom. The summed E-state index contributed by atoms with van der Waals surface area (Å²) in [6.45, 7) is -0.000189. The van der Waals surface area contributed by atoms with Gasteiger partial charge in [-0.25, -0.2) is 4.39 Å². The number of ether oxygens (including phenoxy) is 1. The molecule has 0 aliphatic heterocycles. The first kappa shape index (κ1) is 13.8. The Bertz CT molecular complexity index is 600. The van der Waals surface area contributed by atoms with Gasteiger partial charge < -0.3 is 9.26 Å². The van der Waals surface area contributed by atoms with E-state index in [1.54, 1.807) is 6.07 Å². The van der Waals surface area contributed by atoms with Gasteiger partial charge in [-0.1, -0.05) is 5.16 Å². The van der Waals surface area contributed by atoms with Gasteiger partial charge in [0.2, 0.25) is 11.7 Å². The fourth-order valence-corrected chi connectivity index (χ4v) is 1.84. The van der Waals surface area contributed by atoms with Crippen LogP contribution >= 0.6 is 15.9 Å². The van der Waals surface area contributed by atoms with E-state index in [1.807, 2.05) is 0 Å². The minimum Gasteiger partial charge on any atom is -0.377 e. The predicted octanol–water partition coefficient (Wildman–Crippen LogP) is 2.40. The number of nitrogens with zero attached hydrogens (tertiary/aromatic N) is 2. The molecule has 2 aromatic rings. The van der Waals surface area contributed by atoms with E-state index in [2.05, 4.69) is 26.1 Å². The smallest absolute Gasteiger partial charge is 0.234 e. The van der Waals surface area contributed by atoms with Gasteiger partial charge in [0.15, 0.2) is 5.78 Å². The van der Waals surface area contributed by atoms with Crippen LogP contribution in [0.25, 0.3) is 11.4 Å². The van der Waals surface area contributed by atoms with Gasteiger partial charge in [-0.2, -0.15) is 4.98 Å². The minimum atomic E-state index is -0.372. The molecule has 0 fully saturated rings. The molecule has 1 aromatic heterocycles. The highest BCUT2D eigenvalue weighted by Gasteiger charge is 2.13. The summed E-state index contributed by atoms with van der Waals surface area (Å²) in [6.07, 6.45) is 0.0171. The molecule has 5 nitrogen and oxygen atoms in total. The van der Waals surface area contributed by atoms with Crippen LogP contribution < -0.4 is 0 Å². The molecule has 2 rings (SSSR count). The second-order valence-corrected chi connectivity index (χ2v) is 4.64. The summed E-state index contributed by atoms with van der Waals surface area (Å²) in [5.41, 5.74) is 0.600. The van der Waals surface area contributed by atoms with Crippen LogP contribution in [0.3, 0.4) is 0 Å². The maximum atomic E-state index is 13.1. The summed E-state index contributed by atoms with van der Waals surface area (Å²) in [6, 6.07) is 4.37. The number of hydrogen-bond donors (Lipinski definition) is 0. The van der Waals surface area contributed by atoms with Crippen LogP contribution in [0.1, 0.15) is 5.89 Å². The number of ketones is 1. The Labute approximate surface area is 116 Å². The number of benzene rings is 1. The summed E-state index contributed by atoms with van der Waals surface area (Å²) in [4.78, 5) is 15.4. The Morgan fingerprint density at radius 3 is 3.00 bits per heavy atom. The molecule has 1 heterocycles. The first-order valence-corrected chi connectivity index (χ1v) is 6.18. The van der Waals surface area contributed by atoms with Crippen molar-refractivity contribution in [1.82, 2.24) is 10.1 Å². The van der Waals surface area contributed by atoms with Crippen molar-refractivity contribution in [2.24, 2.45) is 0 Å². The van der Waals surface area contributed by atoms with Crippen LogP contribution in [-0.4, -0.2) is 29.6 Å². The standard InChI is InChI=1S/C12H10BrFN2O3/c1-18-6-8(17)5-11-15-12(16-19-11)7-2-3-10(14)9(13)4-7/h2-4H,5-6H2,1H3. The highest BCUT2D eigenvalue weighted by molar-refractivity contribution is 9.10. The summed E-state index contributed by atoms with van der Waals surface area (Å²) < 4.78 is 23.1. The Balaban J connectivity index is 2.16. The number of halogens is 2. The summed E-state index contributed by atoms with van der Waals surface area (Å²) >= 11 is 3.08. The van der Waals surface area contributed by atoms with Crippen molar-refractivity contribution in [2.75, 3.05) is 13.7 Å². The Kier molecular flexibility index (Phi) is 4.39. The van der Waals surface area contributed by atoms with E-state index in [0.29, 0.717) is 15.9 Å². The second-order valence-electron chi connectivity index (χ2n) is 3.79. The third-order valence-corrected chi connectivity index (χ3v) is 2.91. The molecule has 0 aliphatic rings. The Morgan fingerprint density at radius 2 is 2.32 bits per heavy atom. The number of carbonyl (C=O) groups excluding carboxylic acids is 1. The van der Waals surface area contributed by atoms with Gasteiger partial charge >= 0.3 is 0 Å². The molecule has 19 heavy (non-hydrogen) atoms. The molecule has 0 saturated carbocycles. The van der Waals surface area contributed by atoms with Crippen molar-refractivity contribution in [3.63, 3.8) is 0 Å². The van der Waals surface area contributed by atoms with E-state index < -0.39 is 0 Å². The van der Waals surface area contributed by atoms with Gasteiger partial charge in [-0.3, -0.25) is 4.79 Å². The molecule has 0 amide bonds. The lowest BCUT2D eigenvalue weighted by Crippen LogP contribution is -2.09. The molecule has 100 valence electrons. The average molecular weight is 329 g/mol. The zero-order chi connectivity index (χ0) is 13.8. The lowest BCUT2D eigenvalue weighted by atomic mass is 10.2. The van der Waals surface area contributed by atoms with E-state index in [4.69, 9.17) is 9.26 Å². The van der Waals surface area contributed by atoms with Gasteiger partial charge in [0.05, 0.1) is 10.9 Å². The number of rotatable bonds is 5. The molecule has 0 saturated heterocycles. The first-order valence-electron chi connectivity index (χ1n) is 5.39. The quantitative estimate of drug-likeness (QED) is 0.843. The molecular formula is C12H10BrFN2O3. The van der Waals surface area contributed by atoms with Crippen molar-refractivity contribution in [2.45, 2.75) is 6.42 Å². The van der Waals surface area contributed by atoms with Gasteiger partial charge in [-0.05, 0) is 34.1 Å². The largest absolute Gasteiger partial charge is 0.377 e. The summed E-state index contributed by atoms with van der Waals surface area (Å²) in [5, 5.41) is 3.75. The van der Waals surface area contributed by atoms with E-state index in [-0.39, 0.29) is 30.5 Å². The molecule has 0 bridgehead atoms. The molecule has 0 atom stereocenters. The molecule has 0 N–H and O–H groups in total. The lowest BCUT2D eigenvalue weighted by Gasteiger charge is -1.96. The third kappa shape index (κ3) is 3.45. The van der Waals surface area contributed by atoms with Crippen LogP contribution in [0.2, 0.25) is 0 Å². The highest BCUT2D eigenvalue weighted by Crippen LogP contribution is 2.23. The third-order valence-electron chi connectivity index (χ3n) is 2.30. The van der Waals surface area contributed by atoms with E-state index in [1.165, 1.54) is 19.2 Å². The second kappa shape index (κ2) is 6.03. The molecule has 7 heteroatoms. The predicted molar refractivity (Wildman–Crippen MR) is 68.0 cm³/mol. The number of hydrogen-bond acceptors (Lipinski definition) is 5. The Hall–Kier alpha value is -1.60. The SMILES string of the molecule is COCC(=O)Cc1nc(-c2ccc(F)c(Br)c2)no1. The molecular weight excluding hydrogens is 319 g/mol. The van der Waals surface area contributed by atoms with E-state index in [0.717, 1.165) is 0 Å². The number of Topliss-reactive ketones (excluding diaryl/α,β-unsaturated/α-hetero) is 1. The van der Waals surface area contributed by atoms with Gasteiger partial charge in [-0.15, -0.1) is 0 Å². The first-order chi connectivity index (χ1) is 9.10. The maximum Gasteiger partial charge on any atom is 0.234 e. The number of carbonyl (C=O) groups is 1. The molecule has 0 aliphatic carbocycles. The van der Waals surface area contributed by atoms with Crippen molar-refractivity contribution in [3.05, 3.63) is 34.4 Å². The highest BCUT2D eigenvalue weighted by atomic mass is 79.9. The van der Waals surface area contributed by atoms with Crippen LogP contribution in [0, 0.1) is 5.82 Å². The zero-order valence-corrected chi connectivity index (χ0v) is 11.6. The fourth-order valence-electron chi connectivity index (χ4n) is 1.46. The molecule has 0 unspecified atom stereocenters. The molecule has 1 aromatic carbocycles. The summed E-state index contributed by atoms with van der Waals surface area (Å²) in [5.74, 6) is -0.0147. The topological polar surface area (TPSA) is 65.2 Å². The number of aromatic nitrogens is 2. The van der Waals surface area contributed by atoms with Crippen molar-refractivity contribution >= 4 is 21.7 Å². The van der Waals surface area contributed by atoms with Crippen LogP contribution in [-0.2, 0) is 16.0 Å². The van der Waals surface area contributed by atoms with Crippen molar-refractivity contribution in [3.8, 4) is 11.4 Å². The zero-order valence-electron chi connectivity index (χ0n) is 10.0. The molecule has 0 radical (unpaired) electrons. The number of methoxy groups -OCH3 is 1. The molecule has 0 spiro atoms. The average Bonchev–Trinajstić information content (AvgIpc) is 2.81. The maximum absolute atomic E-state index is 13.1. The van der Waals surface area contributed by atoms with E-state index >= 15 is 0 Å². The minimum absolute atomic E-state index is 0.000189. The van der Waals surface area contributed by atoms with Gasteiger partial charge in [0, 0.05) is 12.7 Å².